The number of hydrogen-bond acceptors (Lipinski definition) is 7. The third-order valence-electron chi connectivity index (χ3n) is 3.93. The number of furan rings is 2. The van der Waals surface area contributed by atoms with Crippen molar-refractivity contribution in [2.45, 2.75) is 0 Å². The number of fused-ring (bicyclic) bond motifs is 1. The zero-order valence-electron chi connectivity index (χ0n) is 13.7. The quantitative estimate of drug-likeness (QED) is 0.159. The second-order valence-corrected chi connectivity index (χ2v) is 5.62. The summed E-state index contributed by atoms with van der Waals surface area (Å²) in [5.41, 5.74) is 13.1. The van der Waals surface area contributed by atoms with Crippen LogP contribution in [0.3, 0.4) is 0 Å². The molecule has 0 aliphatic carbocycles. The molecule has 4 aromatic rings. The lowest BCUT2D eigenvalue weighted by Gasteiger charge is -1.96. The molecule has 0 saturated carbocycles. The Morgan fingerprint density at radius 3 is 2.37 bits per heavy atom. The Kier molecular flexibility index (Phi) is 3.77. The van der Waals surface area contributed by atoms with E-state index in [1.54, 1.807) is 42.5 Å². The van der Waals surface area contributed by atoms with Crippen molar-refractivity contribution in [2.75, 3.05) is 0 Å². The molecule has 10 nitrogen and oxygen atoms in total. The van der Waals surface area contributed by atoms with Gasteiger partial charge in [-0.1, -0.05) is 10.3 Å². The molecule has 4 rings (SSSR count). The summed E-state index contributed by atoms with van der Waals surface area (Å²) in [6, 6.07) is 11.9. The standard InChI is InChI=1S/C17H14N6O4/c18-15(22-24)8-1-2-9-10(7-8)21-17(20-9)14-6-4-12(27-14)11-3-5-13(26-11)16(19)23-25/h1-7,24-25H,(H2,18,22)(H2,19,23)(H,20,21). The highest BCUT2D eigenvalue weighted by molar-refractivity contribution is 6.00. The van der Waals surface area contributed by atoms with Gasteiger partial charge in [-0.25, -0.2) is 4.98 Å². The minimum atomic E-state index is -0.133. The molecule has 3 aromatic heterocycles. The predicted octanol–water partition coefficient (Wildman–Crippen LogP) is 2.27. The van der Waals surface area contributed by atoms with E-state index >= 15 is 0 Å². The summed E-state index contributed by atoms with van der Waals surface area (Å²) in [7, 11) is 0. The topological polar surface area (TPSA) is 172 Å². The van der Waals surface area contributed by atoms with Crippen molar-refractivity contribution < 1.29 is 19.2 Å². The molecule has 0 atom stereocenters. The number of benzene rings is 1. The largest absolute Gasteiger partial charge is 0.450 e. The van der Waals surface area contributed by atoms with Gasteiger partial charge in [-0.3, -0.25) is 0 Å². The Bertz CT molecular complexity index is 1180. The van der Waals surface area contributed by atoms with E-state index in [-0.39, 0.29) is 17.4 Å². The molecule has 0 bridgehead atoms. The minimum absolute atomic E-state index is 0.00708. The molecule has 0 fully saturated rings. The van der Waals surface area contributed by atoms with Gasteiger partial charge in [0.25, 0.3) is 0 Å². The Hall–Kier alpha value is -4.21. The monoisotopic (exact) mass is 366 g/mol. The van der Waals surface area contributed by atoms with E-state index in [9.17, 15) is 0 Å². The number of aromatic amines is 1. The van der Waals surface area contributed by atoms with Crippen molar-refractivity contribution in [1.29, 1.82) is 0 Å². The van der Waals surface area contributed by atoms with Gasteiger partial charge in [-0.15, -0.1) is 0 Å². The molecule has 7 N–H and O–H groups in total. The zero-order valence-corrected chi connectivity index (χ0v) is 13.7. The van der Waals surface area contributed by atoms with Gasteiger partial charge in [-0.05, 0) is 42.5 Å². The van der Waals surface area contributed by atoms with Crippen LogP contribution < -0.4 is 11.5 Å². The van der Waals surface area contributed by atoms with Crippen LogP contribution in [0.25, 0.3) is 34.1 Å². The van der Waals surface area contributed by atoms with Gasteiger partial charge in [0.1, 0.15) is 0 Å². The van der Waals surface area contributed by atoms with Crippen LogP contribution in [0, 0.1) is 0 Å². The first kappa shape index (κ1) is 16.3. The Balaban J connectivity index is 1.67. The number of imidazole rings is 1. The van der Waals surface area contributed by atoms with E-state index in [4.69, 9.17) is 30.7 Å². The van der Waals surface area contributed by atoms with Crippen molar-refractivity contribution in [1.82, 2.24) is 9.97 Å². The molecule has 3 heterocycles. The smallest absolute Gasteiger partial charge is 0.205 e. The molecular weight excluding hydrogens is 352 g/mol. The molecule has 0 saturated heterocycles. The number of hydrogen-bond donors (Lipinski definition) is 5. The molecule has 0 amide bonds. The number of nitrogens with zero attached hydrogens (tertiary/aromatic N) is 3. The summed E-state index contributed by atoms with van der Waals surface area (Å²) >= 11 is 0. The number of oxime groups is 2. The van der Waals surface area contributed by atoms with E-state index < -0.39 is 0 Å². The van der Waals surface area contributed by atoms with Gasteiger partial charge >= 0.3 is 0 Å². The molecule has 27 heavy (non-hydrogen) atoms. The second kappa shape index (κ2) is 6.26. The molecule has 0 spiro atoms. The molecule has 0 radical (unpaired) electrons. The van der Waals surface area contributed by atoms with Crippen LogP contribution in [-0.4, -0.2) is 32.1 Å². The van der Waals surface area contributed by atoms with Crippen LogP contribution in [0.1, 0.15) is 11.3 Å². The van der Waals surface area contributed by atoms with Crippen LogP contribution in [0.15, 0.2) is 61.6 Å². The average Bonchev–Trinajstić information content (AvgIpc) is 3.43. The first-order chi connectivity index (χ1) is 13.1. The molecule has 136 valence electrons. The number of nitrogens with two attached hydrogens (primary N) is 2. The SMILES string of the molecule is N/C(=N/O)c1ccc2nc(-c3ccc(-c4ccc(/C(N)=N\O)o4)o3)[nH]c2c1. The number of rotatable bonds is 4. The van der Waals surface area contributed by atoms with Crippen LogP contribution >= 0.6 is 0 Å². The highest BCUT2D eigenvalue weighted by Gasteiger charge is 2.15. The average molecular weight is 366 g/mol. The fourth-order valence-corrected chi connectivity index (χ4v) is 2.60. The lowest BCUT2D eigenvalue weighted by molar-refractivity contribution is 0.317. The van der Waals surface area contributed by atoms with Gasteiger partial charge in [0.15, 0.2) is 34.7 Å². The van der Waals surface area contributed by atoms with Crippen LogP contribution in [0.2, 0.25) is 0 Å². The lowest BCUT2D eigenvalue weighted by atomic mass is 10.2. The zero-order chi connectivity index (χ0) is 19.0. The van der Waals surface area contributed by atoms with Crippen molar-refractivity contribution in [3.8, 4) is 23.1 Å². The second-order valence-electron chi connectivity index (χ2n) is 5.62. The first-order valence-corrected chi connectivity index (χ1v) is 7.75. The van der Waals surface area contributed by atoms with Crippen LogP contribution in [0.5, 0.6) is 0 Å². The first-order valence-electron chi connectivity index (χ1n) is 7.75. The van der Waals surface area contributed by atoms with E-state index in [1.807, 2.05) is 0 Å². The van der Waals surface area contributed by atoms with Gasteiger partial charge in [0, 0.05) is 5.56 Å². The van der Waals surface area contributed by atoms with E-state index in [1.165, 1.54) is 0 Å². The molecule has 0 unspecified atom stereocenters. The summed E-state index contributed by atoms with van der Waals surface area (Å²) in [5.74, 6) is 1.99. The summed E-state index contributed by atoms with van der Waals surface area (Å²) in [4.78, 5) is 7.60. The molecule has 0 aliphatic rings. The van der Waals surface area contributed by atoms with Crippen molar-refractivity contribution in [3.63, 3.8) is 0 Å². The highest BCUT2D eigenvalue weighted by Crippen LogP contribution is 2.29. The summed E-state index contributed by atoms with van der Waals surface area (Å²) in [6.45, 7) is 0. The summed E-state index contributed by atoms with van der Waals surface area (Å²) in [6.07, 6.45) is 0. The number of H-pyrrole nitrogens is 1. The number of amidine groups is 2. The summed E-state index contributed by atoms with van der Waals surface area (Å²) in [5, 5.41) is 23.4. The van der Waals surface area contributed by atoms with Crippen LogP contribution in [0.4, 0.5) is 0 Å². The number of nitrogens with one attached hydrogen (secondary N) is 1. The lowest BCUT2D eigenvalue weighted by Crippen LogP contribution is -2.12. The normalized spacial score (nSPS) is 12.7. The Morgan fingerprint density at radius 1 is 0.889 bits per heavy atom. The van der Waals surface area contributed by atoms with Gasteiger partial charge in [0.05, 0.1) is 11.0 Å². The van der Waals surface area contributed by atoms with Crippen molar-refractivity contribution >= 4 is 22.7 Å². The van der Waals surface area contributed by atoms with Gasteiger partial charge in [-0.2, -0.15) is 0 Å². The van der Waals surface area contributed by atoms with E-state index in [2.05, 4.69) is 20.3 Å². The van der Waals surface area contributed by atoms with Gasteiger partial charge < -0.3 is 35.7 Å². The van der Waals surface area contributed by atoms with Crippen molar-refractivity contribution in [3.05, 3.63) is 53.8 Å². The Morgan fingerprint density at radius 2 is 1.59 bits per heavy atom. The van der Waals surface area contributed by atoms with E-state index in [0.29, 0.717) is 39.7 Å². The summed E-state index contributed by atoms with van der Waals surface area (Å²) < 4.78 is 11.3. The number of aromatic nitrogens is 2. The molecular formula is C17H14N6O4. The Labute approximate surface area is 151 Å². The maximum absolute atomic E-state index is 8.79. The molecule has 0 aliphatic heterocycles. The highest BCUT2D eigenvalue weighted by atomic mass is 16.4. The predicted molar refractivity (Wildman–Crippen MR) is 96.5 cm³/mol. The third-order valence-corrected chi connectivity index (χ3v) is 3.93. The van der Waals surface area contributed by atoms with Crippen molar-refractivity contribution in [2.24, 2.45) is 21.8 Å². The maximum atomic E-state index is 8.79. The fraction of sp³-hybridized carbons (Fsp3) is 0. The molecule has 1 aromatic carbocycles. The minimum Gasteiger partial charge on any atom is -0.450 e. The maximum Gasteiger partial charge on any atom is 0.205 e. The van der Waals surface area contributed by atoms with E-state index in [0.717, 1.165) is 0 Å². The third kappa shape index (κ3) is 2.84. The van der Waals surface area contributed by atoms with Gasteiger partial charge in [0.2, 0.25) is 5.84 Å². The fourth-order valence-electron chi connectivity index (χ4n) is 2.60. The van der Waals surface area contributed by atoms with Crippen LogP contribution in [-0.2, 0) is 0 Å². The molecule has 10 heteroatoms.